The lowest BCUT2D eigenvalue weighted by molar-refractivity contribution is -0.119. The number of hydrogen-bond acceptors (Lipinski definition) is 4. The third-order valence-corrected chi connectivity index (χ3v) is 4.05. The van der Waals surface area contributed by atoms with E-state index >= 15 is 0 Å². The molecule has 0 aliphatic rings. The Morgan fingerprint density at radius 3 is 2.67 bits per heavy atom. The fraction of sp³-hybridized carbons (Fsp3) is 0.294. The van der Waals surface area contributed by atoms with Crippen molar-refractivity contribution >= 4 is 33.5 Å². The number of carbonyl (C=O) groups excluding carboxylic acids is 2. The highest BCUT2D eigenvalue weighted by Crippen LogP contribution is 2.24. The van der Waals surface area contributed by atoms with Crippen LogP contribution in [0.4, 0.5) is 5.69 Å². The Bertz CT molecular complexity index is 768. The summed E-state index contributed by atoms with van der Waals surface area (Å²) in [6.07, 6.45) is -0.692. The number of amides is 1. The highest BCUT2D eigenvalue weighted by atomic mass is 79.9. The van der Waals surface area contributed by atoms with Gasteiger partial charge in [-0.2, -0.15) is 0 Å². The van der Waals surface area contributed by atoms with E-state index in [1.165, 1.54) is 0 Å². The average Bonchev–Trinajstić information content (AvgIpc) is 2.79. The summed E-state index contributed by atoms with van der Waals surface area (Å²) in [5.74, 6) is -1.06. The molecule has 0 radical (unpaired) electrons. The fourth-order valence-corrected chi connectivity index (χ4v) is 2.96. The van der Waals surface area contributed by atoms with E-state index in [-0.39, 0.29) is 5.69 Å². The van der Waals surface area contributed by atoms with Crippen molar-refractivity contribution in [1.29, 1.82) is 0 Å². The Balaban J connectivity index is 1.98. The van der Waals surface area contributed by atoms with E-state index in [2.05, 4.69) is 26.2 Å². The first kappa shape index (κ1) is 18.2. The Kier molecular flexibility index (Phi) is 5.80. The second-order valence-corrected chi connectivity index (χ2v) is 6.39. The number of aliphatic hydroxyl groups is 1. The van der Waals surface area contributed by atoms with E-state index < -0.39 is 24.6 Å². The van der Waals surface area contributed by atoms with Crippen LogP contribution in [0.5, 0.6) is 0 Å². The summed E-state index contributed by atoms with van der Waals surface area (Å²) in [5, 5.41) is 12.4. The van der Waals surface area contributed by atoms with Crippen LogP contribution < -0.4 is 5.32 Å². The van der Waals surface area contributed by atoms with Crippen LogP contribution in [0.25, 0.3) is 0 Å². The zero-order chi connectivity index (χ0) is 17.9. The van der Waals surface area contributed by atoms with Gasteiger partial charge in [0.2, 0.25) is 0 Å². The molecular weight excluding hydrogens is 376 g/mol. The molecule has 128 valence electrons. The third kappa shape index (κ3) is 4.24. The molecule has 7 heteroatoms. The molecule has 6 nitrogen and oxygen atoms in total. The summed E-state index contributed by atoms with van der Waals surface area (Å²) in [5.41, 5.74) is 2.85. The van der Waals surface area contributed by atoms with Crippen LogP contribution in [0.3, 0.4) is 0 Å². The van der Waals surface area contributed by atoms with Crippen molar-refractivity contribution in [1.82, 2.24) is 4.98 Å². The minimum atomic E-state index is -0.692. The van der Waals surface area contributed by atoms with Gasteiger partial charge in [0, 0.05) is 21.4 Å². The first-order valence-electron chi connectivity index (χ1n) is 7.39. The molecule has 1 amide bonds. The number of benzene rings is 1. The maximum Gasteiger partial charge on any atom is 0.355 e. The number of rotatable bonds is 5. The molecule has 0 unspecified atom stereocenters. The molecule has 3 N–H and O–H groups in total. The maximum absolute atomic E-state index is 12.1. The number of aliphatic hydroxyl groups excluding tert-OH is 1. The van der Waals surface area contributed by atoms with Crippen LogP contribution >= 0.6 is 15.9 Å². The smallest absolute Gasteiger partial charge is 0.355 e. The Labute approximate surface area is 148 Å². The maximum atomic E-state index is 12.1. The lowest BCUT2D eigenvalue weighted by Crippen LogP contribution is -2.21. The van der Waals surface area contributed by atoms with Gasteiger partial charge in [-0.05, 0) is 44.5 Å². The SMILES string of the molecule is Cc1[nH]c(C(=O)OCC(=O)Nc2cccc(Br)c2)c(C)c1[C@H](C)O. The largest absolute Gasteiger partial charge is 0.451 e. The highest BCUT2D eigenvalue weighted by molar-refractivity contribution is 9.10. The summed E-state index contributed by atoms with van der Waals surface area (Å²) in [6.45, 7) is 4.73. The van der Waals surface area contributed by atoms with Gasteiger partial charge < -0.3 is 20.1 Å². The van der Waals surface area contributed by atoms with Gasteiger partial charge in [-0.15, -0.1) is 0 Å². The van der Waals surface area contributed by atoms with Crippen molar-refractivity contribution in [3.05, 3.63) is 51.3 Å². The van der Waals surface area contributed by atoms with Gasteiger partial charge in [0.05, 0.1) is 6.10 Å². The minimum absolute atomic E-state index is 0.249. The van der Waals surface area contributed by atoms with Gasteiger partial charge in [0.1, 0.15) is 5.69 Å². The van der Waals surface area contributed by atoms with Gasteiger partial charge in [0.25, 0.3) is 5.91 Å². The third-order valence-electron chi connectivity index (χ3n) is 3.56. The van der Waals surface area contributed by atoms with Crippen molar-refractivity contribution in [3.8, 4) is 0 Å². The summed E-state index contributed by atoms with van der Waals surface area (Å²) in [6, 6.07) is 7.10. The number of halogens is 1. The normalized spacial score (nSPS) is 11.9. The van der Waals surface area contributed by atoms with E-state index in [1.54, 1.807) is 39.0 Å². The quantitative estimate of drug-likeness (QED) is 0.678. The number of aryl methyl sites for hydroxylation is 1. The highest BCUT2D eigenvalue weighted by Gasteiger charge is 2.21. The first-order chi connectivity index (χ1) is 11.3. The van der Waals surface area contributed by atoms with Crippen molar-refractivity contribution in [2.45, 2.75) is 26.9 Å². The molecular formula is C17H19BrN2O4. The van der Waals surface area contributed by atoms with Gasteiger partial charge in [-0.1, -0.05) is 22.0 Å². The first-order valence-corrected chi connectivity index (χ1v) is 8.18. The molecule has 1 atom stereocenters. The number of nitrogens with one attached hydrogen (secondary N) is 2. The van der Waals surface area contributed by atoms with E-state index in [4.69, 9.17) is 4.74 Å². The summed E-state index contributed by atoms with van der Waals surface area (Å²) < 4.78 is 5.88. The van der Waals surface area contributed by atoms with Crippen molar-refractivity contribution in [2.75, 3.05) is 11.9 Å². The number of ether oxygens (including phenoxy) is 1. The minimum Gasteiger partial charge on any atom is -0.451 e. The molecule has 0 bridgehead atoms. The van der Waals surface area contributed by atoms with E-state index in [0.29, 0.717) is 22.5 Å². The van der Waals surface area contributed by atoms with Crippen LogP contribution in [0, 0.1) is 13.8 Å². The number of hydrogen-bond donors (Lipinski definition) is 3. The van der Waals surface area contributed by atoms with Gasteiger partial charge in [0.15, 0.2) is 6.61 Å². The van der Waals surface area contributed by atoms with Gasteiger partial charge >= 0.3 is 5.97 Å². The predicted molar refractivity (Wildman–Crippen MR) is 94.0 cm³/mol. The number of esters is 1. The molecule has 2 aromatic rings. The van der Waals surface area contributed by atoms with Crippen LogP contribution in [0.1, 0.15) is 40.3 Å². The molecule has 2 rings (SSSR count). The predicted octanol–water partition coefficient (Wildman–Crippen LogP) is 3.24. The van der Waals surface area contributed by atoms with Gasteiger partial charge in [-0.25, -0.2) is 4.79 Å². The van der Waals surface area contributed by atoms with E-state index in [1.807, 2.05) is 6.07 Å². The molecule has 0 saturated carbocycles. The Hall–Kier alpha value is -2.12. The lowest BCUT2D eigenvalue weighted by Gasteiger charge is -2.07. The number of aromatic amines is 1. The lowest BCUT2D eigenvalue weighted by atomic mass is 10.1. The summed E-state index contributed by atoms with van der Waals surface area (Å²) in [4.78, 5) is 26.9. The molecule has 1 aromatic carbocycles. The standard InChI is InChI=1S/C17H19BrN2O4/c1-9-15(11(3)21)10(2)19-16(9)17(23)24-8-14(22)20-13-6-4-5-12(18)7-13/h4-7,11,19,21H,8H2,1-3H3,(H,20,22)/t11-/m0/s1. The molecule has 24 heavy (non-hydrogen) atoms. The molecule has 0 spiro atoms. The van der Waals surface area contributed by atoms with Crippen LogP contribution in [0.15, 0.2) is 28.7 Å². The fourth-order valence-electron chi connectivity index (χ4n) is 2.56. The van der Waals surface area contributed by atoms with Crippen LogP contribution in [0.2, 0.25) is 0 Å². The van der Waals surface area contributed by atoms with Crippen molar-refractivity contribution in [3.63, 3.8) is 0 Å². The topological polar surface area (TPSA) is 91.4 Å². The number of H-pyrrole nitrogens is 1. The monoisotopic (exact) mass is 394 g/mol. The average molecular weight is 395 g/mol. The van der Waals surface area contributed by atoms with E-state index in [0.717, 1.165) is 4.47 Å². The molecule has 0 fully saturated rings. The van der Waals surface area contributed by atoms with Crippen LogP contribution in [-0.2, 0) is 9.53 Å². The summed E-state index contributed by atoms with van der Waals surface area (Å²) >= 11 is 3.31. The van der Waals surface area contributed by atoms with Crippen molar-refractivity contribution < 1.29 is 19.4 Å². The zero-order valence-corrected chi connectivity index (χ0v) is 15.2. The number of anilines is 1. The molecule has 1 heterocycles. The summed E-state index contributed by atoms with van der Waals surface area (Å²) in [7, 11) is 0. The van der Waals surface area contributed by atoms with Gasteiger partial charge in [-0.3, -0.25) is 4.79 Å². The molecule has 0 aliphatic heterocycles. The molecule has 1 aromatic heterocycles. The Morgan fingerprint density at radius 2 is 2.08 bits per heavy atom. The van der Waals surface area contributed by atoms with Crippen molar-refractivity contribution in [2.24, 2.45) is 0 Å². The molecule has 0 aliphatic carbocycles. The molecule has 0 saturated heterocycles. The Morgan fingerprint density at radius 1 is 1.38 bits per heavy atom. The van der Waals surface area contributed by atoms with Crippen LogP contribution in [-0.4, -0.2) is 28.6 Å². The second kappa shape index (κ2) is 7.63. The number of aromatic nitrogens is 1. The zero-order valence-electron chi connectivity index (χ0n) is 13.6. The van der Waals surface area contributed by atoms with E-state index in [9.17, 15) is 14.7 Å². The number of carbonyl (C=O) groups is 2. The second-order valence-electron chi connectivity index (χ2n) is 5.47.